The second kappa shape index (κ2) is 5.39. The summed E-state index contributed by atoms with van der Waals surface area (Å²) >= 11 is 0. The Morgan fingerprint density at radius 1 is 1.38 bits per heavy atom. The lowest BCUT2D eigenvalue weighted by atomic mass is 10.1. The molecule has 16 heavy (non-hydrogen) atoms. The maximum absolute atomic E-state index is 11.1. The third-order valence-electron chi connectivity index (χ3n) is 2.54. The van der Waals surface area contributed by atoms with Crippen LogP contribution in [0.25, 0.3) is 0 Å². The molecule has 0 saturated carbocycles. The summed E-state index contributed by atoms with van der Waals surface area (Å²) in [5, 5.41) is 9.14. The van der Waals surface area contributed by atoms with Gasteiger partial charge in [-0.25, -0.2) is 4.79 Å². The zero-order chi connectivity index (χ0) is 12.1. The van der Waals surface area contributed by atoms with Gasteiger partial charge in [-0.1, -0.05) is 0 Å². The molecule has 0 saturated heterocycles. The van der Waals surface area contributed by atoms with E-state index in [9.17, 15) is 4.79 Å². The molecular formula is C12H17NO3. The number of carbonyl (C=O) groups is 1. The van der Waals surface area contributed by atoms with Gasteiger partial charge in [0.15, 0.2) is 0 Å². The normalized spacial score (nSPS) is 9.94. The Bertz CT molecular complexity index is 373. The molecule has 1 rings (SSSR count). The fourth-order valence-corrected chi connectivity index (χ4v) is 1.65. The predicted molar refractivity (Wildman–Crippen MR) is 63.5 cm³/mol. The minimum absolute atomic E-state index is 0.281. The van der Waals surface area contributed by atoms with E-state index in [1.165, 1.54) is 7.11 Å². The highest BCUT2D eigenvalue weighted by molar-refractivity contribution is 5.95. The van der Waals surface area contributed by atoms with Gasteiger partial charge in [-0.15, -0.1) is 0 Å². The van der Waals surface area contributed by atoms with E-state index in [1.54, 1.807) is 18.2 Å². The number of methoxy groups -OCH3 is 1. The van der Waals surface area contributed by atoms with Gasteiger partial charge in [-0.2, -0.15) is 0 Å². The number of ether oxygens (including phenoxy) is 1. The lowest BCUT2D eigenvalue weighted by molar-refractivity contribution is 0.0697. The Morgan fingerprint density at radius 3 is 2.44 bits per heavy atom. The van der Waals surface area contributed by atoms with Gasteiger partial charge in [-0.3, -0.25) is 0 Å². The van der Waals surface area contributed by atoms with Crippen LogP contribution in [-0.4, -0.2) is 31.3 Å². The number of rotatable bonds is 5. The van der Waals surface area contributed by atoms with Gasteiger partial charge in [0.05, 0.1) is 18.4 Å². The van der Waals surface area contributed by atoms with Crippen LogP contribution in [0.1, 0.15) is 24.2 Å². The molecule has 0 unspecified atom stereocenters. The Balaban J connectivity index is 3.21. The Hall–Kier alpha value is -1.71. The number of carboxylic acids is 1. The second-order valence-corrected chi connectivity index (χ2v) is 3.36. The quantitative estimate of drug-likeness (QED) is 0.831. The van der Waals surface area contributed by atoms with Crippen LogP contribution < -0.4 is 9.64 Å². The van der Waals surface area contributed by atoms with Crippen LogP contribution in [0, 0.1) is 0 Å². The van der Waals surface area contributed by atoms with Crippen molar-refractivity contribution < 1.29 is 14.6 Å². The van der Waals surface area contributed by atoms with E-state index < -0.39 is 5.97 Å². The summed E-state index contributed by atoms with van der Waals surface area (Å²) in [5.74, 6) is -0.367. The van der Waals surface area contributed by atoms with Crippen molar-refractivity contribution in [2.75, 3.05) is 25.1 Å². The first kappa shape index (κ1) is 12.4. The maximum atomic E-state index is 11.1. The fourth-order valence-electron chi connectivity index (χ4n) is 1.65. The fraction of sp³-hybridized carbons (Fsp3) is 0.417. The SMILES string of the molecule is CCN(CC)c1ccc(OC)cc1C(=O)O. The summed E-state index contributed by atoms with van der Waals surface area (Å²) in [6.07, 6.45) is 0. The van der Waals surface area contributed by atoms with E-state index >= 15 is 0 Å². The Kier molecular flexibility index (Phi) is 4.17. The van der Waals surface area contributed by atoms with Gasteiger partial charge >= 0.3 is 5.97 Å². The minimum atomic E-state index is -0.930. The van der Waals surface area contributed by atoms with E-state index in [4.69, 9.17) is 9.84 Å². The highest BCUT2D eigenvalue weighted by Gasteiger charge is 2.14. The number of nitrogens with zero attached hydrogens (tertiary/aromatic N) is 1. The lowest BCUT2D eigenvalue weighted by Crippen LogP contribution is -2.24. The van der Waals surface area contributed by atoms with Gasteiger partial charge in [0, 0.05) is 13.1 Å². The van der Waals surface area contributed by atoms with Crippen LogP contribution in [0.2, 0.25) is 0 Å². The zero-order valence-corrected chi connectivity index (χ0v) is 9.86. The van der Waals surface area contributed by atoms with E-state index in [0.717, 1.165) is 18.8 Å². The number of hydrogen-bond acceptors (Lipinski definition) is 3. The van der Waals surface area contributed by atoms with Crippen molar-refractivity contribution in [3.8, 4) is 5.75 Å². The Labute approximate surface area is 95.5 Å². The molecule has 0 fully saturated rings. The molecule has 0 bridgehead atoms. The number of carboxylic acid groups (broad SMARTS) is 1. The molecule has 0 spiro atoms. The smallest absolute Gasteiger partial charge is 0.337 e. The van der Waals surface area contributed by atoms with E-state index in [2.05, 4.69) is 0 Å². The zero-order valence-electron chi connectivity index (χ0n) is 9.86. The molecule has 4 nitrogen and oxygen atoms in total. The highest BCUT2D eigenvalue weighted by Crippen LogP contribution is 2.25. The average molecular weight is 223 g/mol. The van der Waals surface area contributed by atoms with Gasteiger partial charge in [0.2, 0.25) is 0 Å². The van der Waals surface area contributed by atoms with Gasteiger partial charge in [0.1, 0.15) is 5.75 Å². The molecule has 88 valence electrons. The van der Waals surface area contributed by atoms with Crippen molar-refractivity contribution in [2.24, 2.45) is 0 Å². The van der Waals surface area contributed by atoms with Crippen molar-refractivity contribution in [1.29, 1.82) is 0 Å². The van der Waals surface area contributed by atoms with Crippen LogP contribution in [0.5, 0.6) is 5.75 Å². The van der Waals surface area contributed by atoms with Crippen LogP contribution in [0.3, 0.4) is 0 Å². The number of aromatic carboxylic acids is 1. The van der Waals surface area contributed by atoms with E-state index in [-0.39, 0.29) is 5.56 Å². The molecule has 1 aromatic rings. The highest BCUT2D eigenvalue weighted by atomic mass is 16.5. The topological polar surface area (TPSA) is 49.8 Å². The maximum Gasteiger partial charge on any atom is 0.337 e. The van der Waals surface area contributed by atoms with Crippen molar-refractivity contribution in [2.45, 2.75) is 13.8 Å². The third kappa shape index (κ3) is 2.45. The molecule has 0 aromatic heterocycles. The van der Waals surface area contributed by atoms with E-state index in [0.29, 0.717) is 5.75 Å². The summed E-state index contributed by atoms with van der Waals surface area (Å²) in [5.41, 5.74) is 1.02. The Morgan fingerprint density at radius 2 is 2.00 bits per heavy atom. The first-order valence-corrected chi connectivity index (χ1v) is 5.30. The third-order valence-corrected chi connectivity index (χ3v) is 2.54. The molecule has 0 heterocycles. The van der Waals surface area contributed by atoms with E-state index in [1.807, 2.05) is 18.7 Å². The molecule has 1 aromatic carbocycles. The summed E-state index contributed by atoms with van der Waals surface area (Å²) in [6.45, 7) is 5.56. The van der Waals surface area contributed by atoms with Crippen molar-refractivity contribution in [1.82, 2.24) is 0 Å². The summed E-state index contributed by atoms with van der Waals surface area (Å²) < 4.78 is 5.03. The number of anilines is 1. The van der Waals surface area contributed by atoms with Crippen LogP contribution in [-0.2, 0) is 0 Å². The van der Waals surface area contributed by atoms with Crippen LogP contribution in [0.15, 0.2) is 18.2 Å². The minimum Gasteiger partial charge on any atom is -0.497 e. The molecular weight excluding hydrogens is 206 g/mol. The van der Waals surface area contributed by atoms with Crippen LogP contribution in [0.4, 0.5) is 5.69 Å². The molecule has 0 radical (unpaired) electrons. The van der Waals surface area contributed by atoms with Crippen LogP contribution >= 0.6 is 0 Å². The lowest BCUT2D eigenvalue weighted by Gasteiger charge is -2.23. The first-order chi connectivity index (χ1) is 7.63. The van der Waals surface area contributed by atoms with Crippen molar-refractivity contribution in [3.63, 3.8) is 0 Å². The monoisotopic (exact) mass is 223 g/mol. The molecule has 0 aliphatic carbocycles. The van der Waals surface area contributed by atoms with Gasteiger partial charge < -0.3 is 14.7 Å². The number of hydrogen-bond donors (Lipinski definition) is 1. The first-order valence-electron chi connectivity index (χ1n) is 5.30. The second-order valence-electron chi connectivity index (χ2n) is 3.36. The molecule has 4 heteroatoms. The average Bonchev–Trinajstić information content (AvgIpc) is 2.30. The molecule has 1 N–H and O–H groups in total. The number of benzene rings is 1. The molecule has 0 atom stereocenters. The molecule has 0 aliphatic heterocycles. The largest absolute Gasteiger partial charge is 0.497 e. The predicted octanol–water partition coefficient (Wildman–Crippen LogP) is 2.24. The van der Waals surface area contributed by atoms with Gasteiger partial charge in [0.25, 0.3) is 0 Å². The molecule has 0 aliphatic rings. The van der Waals surface area contributed by atoms with Gasteiger partial charge in [-0.05, 0) is 32.0 Å². The van der Waals surface area contributed by atoms with Crippen molar-refractivity contribution in [3.05, 3.63) is 23.8 Å². The van der Waals surface area contributed by atoms with Crippen molar-refractivity contribution >= 4 is 11.7 Å². The standard InChI is InChI=1S/C12H17NO3/c1-4-13(5-2)11-7-6-9(16-3)8-10(11)12(14)15/h6-8H,4-5H2,1-3H3,(H,14,15). The molecule has 0 amide bonds. The summed E-state index contributed by atoms with van der Waals surface area (Å²) in [7, 11) is 1.53. The summed E-state index contributed by atoms with van der Waals surface area (Å²) in [4.78, 5) is 13.1. The summed E-state index contributed by atoms with van der Waals surface area (Å²) in [6, 6.07) is 5.12.